The molecule has 13 heavy (non-hydrogen) atoms. The van der Waals surface area contributed by atoms with Gasteiger partial charge >= 0.3 is 0 Å². The maximum absolute atomic E-state index is 11.2. The number of carbonyl (C=O) groups excluding carboxylic acids is 1. The molecule has 0 amide bonds. The van der Waals surface area contributed by atoms with Gasteiger partial charge in [-0.1, -0.05) is 13.5 Å². The van der Waals surface area contributed by atoms with Crippen LogP contribution in [-0.2, 0) is 4.79 Å². The van der Waals surface area contributed by atoms with Crippen molar-refractivity contribution >= 4 is 11.5 Å². The summed E-state index contributed by atoms with van der Waals surface area (Å²) in [5, 5.41) is 0. The van der Waals surface area contributed by atoms with Crippen molar-refractivity contribution < 1.29 is 4.79 Å². The van der Waals surface area contributed by atoms with E-state index in [2.05, 4.69) is 11.6 Å². The summed E-state index contributed by atoms with van der Waals surface area (Å²) < 4.78 is 0. The third-order valence-corrected chi connectivity index (χ3v) is 2.31. The highest BCUT2D eigenvalue weighted by atomic mass is 16.1. The standard InChI is InChI=1S/C11H15NO/c1-5-10-6-7(2)8(3)11(12-10)9(4)13/h2,5-6H2,1,3-4H3. The SMILES string of the molecule is C=C1CC(CC)=NC(C(C)=O)=C1C. The highest BCUT2D eigenvalue weighted by Gasteiger charge is 2.16. The zero-order valence-electron chi connectivity index (χ0n) is 8.48. The highest BCUT2D eigenvalue weighted by Crippen LogP contribution is 2.24. The van der Waals surface area contributed by atoms with Gasteiger partial charge in [0.15, 0.2) is 5.78 Å². The van der Waals surface area contributed by atoms with Crippen LogP contribution in [0.1, 0.15) is 33.6 Å². The van der Waals surface area contributed by atoms with E-state index in [1.165, 1.54) is 0 Å². The molecule has 0 unspecified atom stereocenters. The van der Waals surface area contributed by atoms with Crippen LogP contribution in [0, 0.1) is 0 Å². The van der Waals surface area contributed by atoms with Gasteiger partial charge in [-0.05, 0) is 24.5 Å². The minimum absolute atomic E-state index is 0.0318. The Kier molecular flexibility index (Phi) is 2.81. The van der Waals surface area contributed by atoms with Crippen LogP contribution in [0.4, 0.5) is 0 Å². The normalized spacial score (nSPS) is 17.5. The molecule has 1 heterocycles. The molecule has 0 aromatic rings. The van der Waals surface area contributed by atoms with Crippen LogP contribution >= 0.6 is 0 Å². The van der Waals surface area contributed by atoms with Gasteiger partial charge in [0.25, 0.3) is 0 Å². The van der Waals surface area contributed by atoms with Gasteiger partial charge in [-0.25, -0.2) is 0 Å². The molecule has 0 aromatic carbocycles. The molecule has 0 aromatic heterocycles. The molecule has 0 spiro atoms. The lowest BCUT2D eigenvalue weighted by molar-refractivity contribution is -0.113. The topological polar surface area (TPSA) is 29.4 Å². The number of hydrogen-bond acceptors (Lipinski definition) is 2. The molecule has 0 fully saturated rings. The smallest absolute Gasteiger partial charge is 0.178 e. The molecule has 0 saturated carbocycles. The zero-order chi connectivity index (χ0) is 10.0. The number of aliphatic imine (C=N–C) groups is 1. The van der Waals surface area contributed by atoms with Gasteiger partial charge in [-0.2, -0.15) is 0 Å². The Morgan fingerprint density at radius 1 is 1.62 bits per heavy atom. The molecule has 70 valence electrons. The summed E-state index contributed by atoms with van der Waals surface area (Å²) >= 11 is 0. The van der Waals surface area contributed by atoms with Crippen molar-refractivity contribution in [2.45, 2.75) is 33.6 Å². The fourth-order valence-corrected chi connectivity index (χ4v) is 1.37. The second-order valence-electron chi connectivity index (χ2n) is 3.34. The fourth-order valence-electron chi connectivity index (χ4n) is 1.37. The predicted octanol–water partition coefficient (Wildman–Crippen LogP) is 2.66. The summed E-state index contributed by atoms with van der Waals surface area (Å²) in [5.74, 6) is 0.0318. The van der Waals surface area contributed by atoms with Gasteiger partial charge < -0.3 is 0 Å². The van der Waals surface area contributed by atoms with Crippen molar-refractivity contribution in [3.8, 4) is 0 Å². The Labute approximate surface area is 79.1 Å². The lowest BCUT2D eigenvalue weighted by Gasteiger charge is -2.16. The molecular weight excluding hydrogens is 162 g/mol. The summed E-state index contributed by atoms with van der Waals surface area (Å²) in [5.41, 5.74) is 3.62. The van der Waals surface area contributed by atoms with Crippen LogP contribution in [0.5, 0.6) is 0 Å². The fraction of sp³-hybridized carbons (Fsp3) is 0.455. The molecule has 2 heteroatoms. The molecule has 2 nitrogen and oxygen atoms in total. The van der Waals surface area contributed by atoms with Crippen molar-refractivity contribution in [3.63, 3.8) is 0 Å². The minimum atomic E-state index is 0.0318. The van der Waals surface area contributed by atoms with E-state index in [1.807, 2.05) is 13.8 Å². The van der Waals surface area contributed by atoms with E-state index in [9.17, 15) is 4.79 Å². The summed E-state index contributed by atoms with van der Waals surface area (Å²) in [6, 6.07) is 0. The first kappa shape index (κ1) is 9.90. The number of hydrogen-bond donors (Lipinski definition) is 0. The average molecular weight is 177 g/mol. The Morgan fingerprint density at radius 3 is 2.69 bits per heavy atom. The number of allylic oxidation sites excluding steroid dienone is 3. The largest absolute Gasteiger partial charge is 0.293 e. The Morgan fingerprint density at radius 2 is 2.23 bits per heavy atom. The first-order valence-electron chi connectivity index (χ1n) is 4.52. The first-order chi connectivity index (χ1) is 6.06. The number of Topliss-reactive ketones (excluding diaryl/α,β-unsaturated/α-hetero) is 1. The van der Waals surface area contributed by atoms with E-state index in [0.717, 1.165) is 29.7 Å². The third kappa shape index (κ3) is 1.94. The van der Waals surface area contributed by atoms with Gasteiger partial charge in [0.05, 0.1) is 0 Å². The van der Waals surface area contributed by atoms with Crippen LogP contribution in [0.3, 0.4) is 0 Å². The second kappa shape index (κ2) is 3.69. The Bertz CT molecular complexity index is 321. The van der Waals surface area contributed by atoms with Crippen molar-refractivity contribution in [1.82, 2.24) is 0 Å². The molecule has 0 saturated heterocycles. The van der Waals surface area contributed by atoms with E-state index in [0.29, 0.717) is 5.70 Å². The molecule has 0 aliphatic carbocycles. The van der Waals surface area contributed by atoms with Gasteiger partial charge in [0, 0.05) is 19.1 Å². The van der Waals surface area contributed by atoms with Crippen molar-refractivity contribution in [3.05, 3.63) is 23.4 Å². The first-order valence-corrected chi connectivity index (χ1v) is 4.52. The molecule has 0 bridgehead atoms. The monoisotopic (exact) mass is 177 g/mol. The number of nitrogens with zero attached hydrogens (tertiary/aromatic N) is 1. The van der Waals surface area contributed by atoms with E-state index >= 15 is 0 Å². The van der Waals surface area contributed by atoms with Crippen LogP contribution in [-0.4, -0.2) is 11.5 Å². The van der Waals surface area contributed by atoms with E-state index < -0.39 is 0 Å². The molecule has 1 aliphatic heterocycles. The third-order valence-electron chi connectivity index (χ3n) is 2.31. The summed E-state index contributed by atoms with van der Waals surface area (Å²) in [6.45, 7) is 9.44. The maximum Gasteiger partial charge on any atom is 0.178 e. The van der Waals surface area contributed by atoms with Gasteiger partial charge in [-0.3, -0.25) is 9.79 Å². The van der Waals surface area contributed by atoms with E-state index in [1.54, 1.807) is 6.92 Å². The Balaban J connectivity index is 3.13. The van der Waals surface area contributed by atoms with Crippen molar-refractivity contribution in [2.24, 2.45) is 4.99 Å². The van der Waals surface area contributed by atoms with Crippen LogP contribution < -0.4 is 0 Å². The van der Waals surface area contributed by atoms with Crippen LogP contribution in [0.2, 0.25) is 0 Å². The van der Waals surface area contributed by atoms with Crippen LogP contribution in [0.25, 0.3) is 0 Å². The van der Waals surface area contributed by atoms with Crippen molar-refractivity contribution in [1.29, 1.82) is 0 Å². The van der Waals surface area contributed by atoms with Gasteiger partial charge in [0.1, 0.15) is 5.70 Å². The average Bonchev–Trinajstić information content (AvgIpc) is 2.09. The summed E-state index contributed by atoms with van der Waals surface area (Å²) in [4.78, 5) is 15.5. The molecule has 1 rings (SSSR count). The predicted molar refractivity (Wildman–Crippen MR) is 54.9 cm³/mol. The lowest BCUT2D eigenvalue weighted by atomic mass is 9.96. The number of carbonyl (C=O) groups is 1. The molecule has 0 N–H and O–H groups in total. The van der Waals surface area contributed by atoms with E-state index in [-0.39, 0.29) is 5.78 Å². The molecule has 1 aliphatic rings. The van der Waals surface area contributed by atoms with Gasteiger partial charge in [-0.15, -0.1) is 0 Å². The van der Waals surface area contributed by atoms with Gasteiger partial charge in [0.2, 0.25) is 0 Å². The summed E-state index contributed by atoms with van der Waals surface area (Å²) in [6.07, 6.45) is 1.71. The molecule has 0 atom stereocenters. The lowest BCUT2D eigenvalue weighted by Crippen LogP contribution is -2.11. The number of ketones is 1. The summed E-state index contributed by atoms with van der Waals surface area (Å²) in [7, 11) is 0. The molecule has 0 radical (unpaired) electrons. The van der Waals surface area contributed by atoms with Crippen molar-refractivity contribution in [2.75, 3.05) is 0 Å². The van der Waals surface area contributed by atoms with Crippen LogP contribution in [0.15, 0.2) is 28.4 Å². The highest BCUT2D eigenvalue weighted by molar-refractivity contribution is 6.01. The minimum Gasteiger partial charge on any atom is -0.293 e. The maximum atomic E-state index is 11.2. The number of rotatable bonds is 2. The molecular formula is C11H15NO. The Hall–Kier alpha value is -1.18. The van der Waals surface area contributed by atoms with E-state index in [4.69, 9.17) is 0 Å². The quantitative estimate of drug-likeness (QED) is 0.637. The zero-order valence-corrected chi connectivity index (χ0v) is 8.48. The second-order valence-corrected chi connectivity index (χ2v) is 3.34.